The standard InChI is InChI=1S/C25H20N4O2/c1-28-23-14-17(29-11-9-15-4-2-3-5-22(15)29)6-7-19(23)24(27-28)16-12-20-18(25(30)31)8-10-26-21(20)13-16/h2-8,10,13-14H,9,11-12H2,1H3,(H,30,31). The smallest absolute Gasteiger partial charge is 0.336 e. The fourth-order valence-electron chi connectivity index (χ4n) is 4.84. The van der Waals surface area contributed by atoms with Crippen LogP contribution in [0.25, 0.3) is 22.6 Å². The third kappa shape index (κ3) is 2.68. The number of carboxylic acids is 1. The lowest BCUT2D eigenvalue weighted by molar-refractivity contribution is 0.0695. The number of aromatic nitrogens is 3. The van der Waals surface area contributed by atoms with Crippen molar-refractivity contribution in [3.63, 3.8) is 0 Å². The summed E-state index contributed by atoms with van der Waals surface area (Å²) in [5, 5.41) is 15.4. The molecule has 0 atom stereocenters. The number of hydrogen-bond acceptors (Lipinski definition) is 4. The van der Waals surface area contributed by atoms with Crippen molar-refractivity contribution in [1.29, 1.82) is 0 Å². The fourth-order valence-corrected chi connectivity index (χ4v) is 4.84. The number of aryl methyl sites for hydroxylation is 1. The normalized spacial score (nSPS) is 14.6. The first kappa shape index (κ1) is 17.9. The predicted octanol–water partition coefficient (Wildman–Crippen LogP) is 4.46. The molecule has 2 aromatic carbocycles. The number of carbonyl (C=O) groups is 1. The lowest BCUT2D eigenvalue weighted by Crippen LogP contribution is -2.13. The molecule has 0 radical (unpaired) electrons. The number of nitrogens with zero attached hydrogens (tertiary/aromatic N) is 4. The fraction of sp³-hybridized carbons (Fsp3) is 0.160. The van der Waals surface area contributed by atoms with Gasteiger partial charge in [0.05, 0.1) is 22.5 Å². The third-order valence-electron chi connectivity index (χ3n) is 6.34. The van der Waals surface area contributed by atoms with Crippen molar-refractivity contribution >= 4 is 39.9 Å². The molecule has 0 saturated carbocycles. The highest BCUT2D eigenvalue weighted by atomic mass is 16.4. The van der Waals surface area contributed by atoms with E-state index in [0.29, 0.717) is 12.0 Å². The minimum Gasteiger partial charge on any atom is -0.478 e. The highest BCUT2D eigenvalue weighted by Crippen LogP contribution is 2.38. The number of carboxylic acid groups (broad SMARTS) is 1. The monoisotopic (exact) mass is 408 g/mol. The highest BCUT2D eigenvalue weighted by Gasteiger charge is 2.25. The van der Waals surface area contributed by atoms with E-state index in [1.54, 1.807) is 12.3 Å². The Balaban J connectivity index is 1.41. The molecular weight excluding hydrogens is 388 g/mol. The van der Waals surface area contributed by atoms with Crippen LogP contribution in [0.2, 0.25) is 0 Å². The summed E-state index contributed by atoms with van der Waals surface area (Å²) in [4.78, 5) is 18.3. The maximum Gasteiger partial charge on any atom is 0.336 e. The largest absolute Gasteiger partial charge is 0.478 e. The average Bonchev–Trinajstić information content (AvgIpc) is 3.48. The number of allylic oxidation sites excluding steroid dienone is 1. The molecular formula is C25H20N4O2. The van der Waals surface area contributed by atoms with Gasteiger partial charge in [-0.2, -0.15) is 5.10 Å². The van der Waals surface area contributed by atoms with Crippen LogP contribution in [0.3, 0.4) is 0 Å². The molecule has 2 aromatic heterocycles. The van der Waals surface area contributed by atoms with Gasteiger partial charge in [-0.3, -0.25) is 9.67 Å². The first-order valence-electron chi connectivity index (χ1n) is 10.3. The van der Waals surface area contributed by atoms with Gasteiger partial charge in [-0.05, 0) is 59.5 Å². The molecule has 0 bridgehead atoms. The molecule has 3 heterocycles. The Kier molecular flexibility index (Phi) is 3.77. The Hall–Kier alpha value is -3.93. The van der Waals surface area contributed by atoms with Gasteiger partial charge >= 0.3 is 5.97 Å². The molecule has 0 fully saturated rings. The molecule has 1 aliphatic carbocycles. The van der Waals surface area contributed by atoms with E-state index >= 15 is 0 Å². The number of rotatable bonds is 3. The second-order valence-electron chi connectivity index (χ2n) is 8.08. The number of anilines is 2. The van der Waals surface area contributed by atoms with Crippen LogP contribution in [0.15, 0.2) is 54.7 Å². The molecule has 1 aliphatic heterocycles. The van der Waals surface area contributed by atoms with Gasteiger partial charge < -0.3 is 10.0 Å². The van der Waals surface area contributed by atoms with Gasteiger partial charge in [0, 0.05) is 43.0 Å². The first-order valence-corrected chi connectivity index (χ1v) is 10.3. The van der Waals surface area contributed by atoms with Crippen LogP contribution in [0, 0.1) is 0 Å². The van der Waals surface area contributed by atoms with Crippen molar-refractivity contribution in [3.05, 3.63) is 82.8 Å². The second-order valence-corrected chi connectivity index (χ2v) is 8.08. The Bertz CT molecular complexity index is 1420. The van der Waals surface area contributed by atoms with E-state index in [1.165, 1.54) is 11.3 Å². The lowest BCUT2D eigenvalue weighted by Gasteiger charge is -2.19. The molecule has 152 valence electrons. The number of fused-ring (bicyclic) bond motifs is 3. The molecule has 1 N–H and O–H groups in total. The molecule has 2 aliphatic rings. The van der Waals surface area contributed by atoms with E-state index in [9.17, 15) is 9.90 Å². The van der Waals surface area contributed by atoms with Crippen LogP contribution in [-0.4, -0.2) is 32.4 Å². The maximum atomic E-state index is 11.6. The first-order chi connectivity index (χ1) is 15.1. The van der Waals surface area contributed by atoms with E-state index in [4.69, 9.17) is 5.10 Å². The van der Waals surface area contributed by atoms with Gasteiger partial charge in [0.2, 0.25) is 0 Å². The number of aromatic carboxylic acids is 1. The maximum absolute atomic E-state index is 11.6. The molecule has 0 saturated heterocycles. The van der Waals surface area contributed by atoms with Gasteiger partial charge in [-0.1, -0.05) is 18.2 Å². The molecule has 6 nitrogen and oxygen atoms in total. The van der Waals surface area contributed by atoms with Gasteiger partial charge in [0.1, 0.15) is 0 Å². The Morgan fingerprint density at radius 1 is 1.13 bits per heavy atom. The Labute approximate surface area is 179 Å². The number of pyridine rings is 1. The number of hydrogen-bond donors (Lipinski definition) is 1. The van der Waals surface area contributed by atoms with Crippen LogP contribution in [-0.2, 0) is 19.9 Å². The van der Waals surface area contributed by atoms with Gasteiger partial charge in [-0.25, -0.2) is 4.79 Å². The molecule has 6 heteroatoms. The summed E-state index contributed by atoms with van der Waals surface area (Å²) >= 11 is 0. The summed E-state index contributed by atoms with van der Waals surface area (Å²) in [6, 6.07) is 16.6. The van der Waals surface area contributed by atoms with Crippen molar-refractivity contribution in [2.45, 2.75) is 12.8 Å². The van der Waals surface area contributed by atoms with E-state index < -0.39 is 5.97 Å². The van der Waals surface area contributed by atoms with E-state index in [-0.39, 0.29) is 0 Å². The van der Waals surface area contributed by atoms with Crippen molar-refractivity contribution in [1.82, 2.24) is 14.8 Å². The topological polar surface area (TPSA) is 71.2 Å². The molecule has 0 amide bonds. The number of para-hydroxylation sites is 1. The highest BCUT2D eigenvalue weighted by molar-refractivity contribution is 6.01. The van der Waals surface area contributed by atoms with E-state index in [1.807, 2.05) is 17.8 Å². The summed E-state index contributed by atoms with van der Waals surface area (Å²) in [7, 11) is 1.96. The van der Waals surface area contributed by atoms with Crippen LogP contribution in [0.4, 0.5) is 11.4 Å². The minimum absolute atomic E-state index is 0.312. The van der Waals surface area contributed by atoms with Crippen molar-refractivity contribution < 1.29 is 9.90 Å². The second kappa shape index (κ2) is 6.54. The predicted molar refractivity (Wildman–Crippen MR) is 121 cm³/mol. The molecule has 31 heavy (non-hydrogen) atoms. The lowest BCUT2D eigenvalue weighted by atomic mass is 10.0. The zero-order chi connectivity index (χ0) is 21.1. The van der Waals surface area contributed by atoms with Crippen LogP contribution < -0.4 is 4.90 Å². The zero-order valence-electron chi connectivity index (χ0n) is 17.0. The quantitative estimate of drug-likeness (QED) is 0.542. The SMILES string of the molecule is Cn1nc(C2=Cc3nccc(C(=O)O)c3C2)c2ccc(N3CCc4ccccc43)cc21. The molecule has 6 rings (SSSR count). The minimum atomic E-state index is -0.922. The summed E-state index contributed by atoms with van der Waals surface area (Å²) in [6.45, 7) is 0.972. The van der Waals surface area contributed by atoms with Crippen molar-refractivity contribution in [2.75, 3.05) is 11.4 Å². The van der Waals surface area contributed by atoms with E-state index in [0.717, 1.165) is 52.1 Å². The van der Waals surface area contributed by atoms with Crippen LogP contribution >= 0.6 is 0 Å². The van der Waals surface area contributed by atoms with Crippen molar-refractivity contribution in [2.24, 2.45) is 7.05 Å². The van der Waals surface area contributed by atoms with Crippen molar-refractivity contribution in [3.8, 4) is 0 Å². The average molecular weight is 408 g/mol. The molecule has 0 unspecified atom stereocenters. The van der Waals surface area contributed by atoms with Gasteiger partial charge in [0.25, 0.3) is 0 Å². The van der Waals surface area contributed by atoms with E-state index in [2.05, 4.69) is 52.3 Å². The summed E-state index contributed by atoms with van der Waals surface area (Å²) in [6.07, 6.45) is 5.10. The molecule has 4 aromatic rings. The van der Waals surface area contributed by atoms with Gasteiger partial charge in [-0.15, -0.1) is 0 Å². The third-order valence-corrected chi connectivity index (χ3v) is 6.34. The Morgan fingerprint density at radius 2 is 2.00 bits per heavy atom. The molecule has 0 spiro atoms. The zero-order valence-corrected chi connectivity index (χ0v) is 17.0. The van der Waals surface area contributed by atoms with Crippen LogP contribution in [0.1, 0.15) is 32.9 Å². The van der Waals surface area contributed by atoms with Crippen LogP contribution in [0.5, 0.6) is 0 Å². The Morgan fingerprint density at radius 3 is 2.87 bits per heavy atom. The summed E-state index contributed by atoms with van der Waals surface area (Å²) in [5.41, 5.74) is 8.54. The number of benzene rings is 2. The summed E-state index contributed by atoms with van der Waals surface area (Å²) in [5.74, 6) is -0.922. The summed E-state index contributed by atoms with van der Waals surface area (Å²) < 4.78 is 1.91. The van der Waals surface area contributed by atoms with Gasteiger partial charge in [0.15, 0.2) is 0 Å².